The van der Waals surface area contributed by atoms with Crippen molar-refractivity contribution in [2.75, 3.05) is 0 Å². The van der Waals surface area contributed by atoms with Gasteiger partial charge in [0.1, 0.15) is 17.3 Å². The molecule has 0 fully saturated rings. The lowest BCUT2D eigenvalue weighted by Crippen LogP contribution is -2.21. The van der Waals surface area contributed by atoms with Crippen LogP contribution in [0.15, 0.2) is 22.9 Å². The van der Waals surface area contributed by atoms with Crippen LogP contribution in [-0.4, -0.2) is 15.6 Å². The van der Waals surface area contributed by atoms with E-state index < -0.39 is 0 Å². The normalized spacial score (nSPS) is 11.4. The topological polar surface area (TPSA) is 43.0 Å². The Morgan fingerprint density at radius 3 is 2.90 bits per heavy atom. The van der Waals surface area contributed by atoms with E-state index in [2.05, 4.69) is 48.6 Å². The van der Waals surface area contributed by atoms with Gasteiger partial charge in [-0.25, -0.2) is 4.98 Å². The first kappa shape index (κ1) is 14.9. The minimum Gasteiger partial charge on any atom is -0.463 e. The molecule has 0 amide bonds. The van der Waals surface area contributed by atoms with Gasteiger partial charge in [0, 0.05) is 24.9 Å². The SMILES string of the molecule is CCCc1nccn1Cc1cc(C)c(CNC(C)C)o1. The zero-order valence-corrected chi connectivity index (χ0v) is 12.9. The molecule has 0 bridgehead atoms. The largest absolute Gasteiger partial charge is 0.463 e. The number of rotatable bonds is 7. The van der Waals surface area contributed by atoms with E-state index in [4.69, 9.17) is 4.42 Å². The van der Waals surface area contributed by atoms with E-state index >= 15 is 0 Å². The quantitative estimate of drug-likeness (QED) is 0.843. The third-order valence-electron chi connectivity index (χ3n) is 3.34. The van der Waals surface area contributed by atoms with Gasteiger partial charge in [-0.15, -0.1) is 0 Å². The molecule has 4 heteroatoms. The van der Waals surface area contributed by atoms with E-state index in [0.29, 0.717) is 6.04 Å². The average molecular weight is 275 g/mol. The second kappa shape index (κ2) is 6.75. The Kier molecular flexibility index (Phi) is 5.01. The molecule has 0 atom stereocenters. The molecule has 0 saturated heterocycles. The van der Waals surface area contributed by atoms with Gasteiger partial charge in [0.15, 0.2) is 0 Å². The third-order valence-corrected chi connectivity index (χ3v) is 3.34. The van der Waals surface area contributed by atoms with Crippen LogP contribution in [-0.2, 0) is 19.5 Å². The van der Waals surface area contributed by atoms with Crippen LogP contribution < -0.4 is 5.32 Å². The van der Waals surface area contributed by atoms with Crippen molar-refractivity contribution < 1.29 is 4.42 Å². The lowest BCUT2D eigenvalue weighted by molar-refractivity contribution is 0.423. The van der Waals surface area contributed by atoms with Gasteiger partial charge in [-0.1, -0.05) is 20.8 Å². The smallest absolute Gasteiger partial charge is 0.124 e. The van der Waals surface area contributed by atoms with Crippen LogP contribution >= 0.6 is 0 Å². The van der Waals surface area contributed by atoms with Crippen molar-refractivity contribution in [3.63, 3.8) is 0 Å². The van der Waals surface area contributed by atoms with Gasteiger partial charge in [0.2, 0.25) is 0 Å². The molecule has 20 heavy (non-hydrogen) atoms. The summed E-state index contributed by atoms with van der Waals surface area (Å²) in [5, 5.41) is 3.39. The van der Waals surface area contributed by atoms with E-state index in [-0.39, 0.29) is 0 Å². The van der Waals surface area contributed by atoms with E-state index in [1.165, 1.54) is 5.56 Å². The second-order valence-corrected chi connectivity index (χ2v) is 5.58. The van der Waals surface area contributed by atoms with Crippen molar-refractivity contribution in [1.29, 1.82) is 0 Å². The summed E-state index contributed by atoms with van der Waals surface area (Å²) in [6.45, 7) is 10.1. The van der Waals surface area contributed by atoms with Crippen LogP contribution in [0.3, 0.4) is 0 Å². The Labute approximate surface area is 121 Å². The number of nitrogens with zero attached hydrogens (tertiary/aromatic N) is 2. The first-order chi connectivity index (χ1) is 9.60. The fraction of sp³-hybridized carbons (Fsp3) is 0.562. The van der Waals surface area contributed by atoms with Crippen molar-refractivity contribution in [1.82, 2.24) is 14.9 Å². The molecule has 0 unspecified atom stereocenters. The summed E-state index contributed by atoms with van der Waals surface area (Å²) in [7, 11) is 0. The minimum atomic E-state index is 0.466. The second-order valence-electron chi connectivity index (χ2n) is 5.58. The molecule has 0 aliphatic heterocycles. The van der Waals surface area contributed by atoms with E-state index in [1.807, 2.05) is 12.4 Å². The lowest BCUT2D eigenvalue weighted by Gasteiger charge is -2.07. The first-order valence-corrected chi connectivity index (χ1v) is 7.41. The summed E-state index contributed by atoms with van der Waals surface area (Å²) in [6, 6.07) is 2.60. The number of aromatic nitrogens is 2. The van der Waals surface area contributed by atoms with Gasteiger partial charge >= 0.3 is 0 Å². The summed E-state index contributed by atoms with van der Waals surface area (Å²) in [5.41, 5.74) is 1.21. The Morgan fingerprint density at radius 1 is 1.40 bits per heavy atom. The van der Waals surface area contributed by atoms with E-state index in [0.717, 1.165) is 43.3 Å². The predicted octanol–water partition coefficient (Wildman–Crippen LogP) is 3.28. The molecule has 0 saturated carbocycles. The maximum atomic E-state index is 5.96. The highest BCUT2D eigenvalue weighted by Gasteiger charge is 2.10. The predicted molar refractivity (Wildman–Crippen MR) is 80.7 cm³/mol. The van der Waals surface area contributed by atoms with Crippen molar-refractivity contribution in [2.24, 2.45) is 0 Å². The van der Waals surface area contributed by atoms with E-state index in [9.17, 15) is 0 Å². The summed E-state index contributed by atoms with van der Waals surface area (Å²) in [6.07, 6.45) is 6.00. The molecule has 2 aromatic rings. The highest BCUT2D eigenvalue weighted by molar-refractivity contribution is 5.20. The molecule has 0 aromatic carbocycles. The van der Waals surface area contributed by atoms with Crippen LogP contribution in [0.1, 0.15) is 50.1 Å². The molecular weight excluding hydrogens is 250 g/mol. The zero-order chi connectivity index (χ0) is 14.5. The number of hydrogen-bond acceptors (Lipinski definition) is 3. The van der Waals surface area contributed by atoms with Gasteiger partial charge in [0.25, 0.3) is 0 Å². The average Bonchev–Trinajstić information content (AvgIpc) is 2.95. The molecule has 2 rings (SSSR count). The van der Waals surface area contributed by atoms with Crippen molar-refractivity contribution in [3.8, 4) is 0 Å². The molecule has 0 radical (unpaired) electrons. The Morgan fingerprint density at radius 2 is 2.20 bits per heavy atom. The van der Waals surface area contributed by atoms with E-state index in [1.54, 1.807) is 0 Å². The molecule has 110 valence electrons. The summed E-state index contributed by atoms with van der Waals surface area (Å²) >= 11 is 0. The number of hydrogen-bond donors (Lipinski definition) is 1. The third kappa shape index (κ3) is 3.73. The number of imidazole rings is 1. The van der Waals surface area contributed by atoms with Crippen LogP contribution in [0, 0.1) is 6.92 Å². The highest BCUT2D eigenvalue weighted by atomic mass is 16.3. The first-order valence-electron chi connectivity index (χ1n) is 7.41. The molecule has 0 aliphatic carbocycles. The monoisotopic (exact) mass is 275 g/mol. The maximum Gasteiger partial charge on any atom is 0.124 e. The van der Waals surface area contributed by atoms with Gasteiger partial charge in [0.05, 0.1) is 13.1 Å². The van der Waals surface area contributed by atoms with Gasteiger partial charge in [-0.3, -0.25) is 0 Å². The summed E-state index contributed by atoms with van der Waals surface area (Å²) in [4.78, 5) is 4.40. The standard InChI is InChI=1S/C16H25N3O/c1-5-6-16-17-7-8-19(16)11-14-9-13(4)15(20-14)10-18-12(2)3/h7-9,12,18H,5-6,10-11H2,1-4H3. The highest BCUT2D eigenvalue weighted by Crippen LogP contribution is 2.16. The van der Waals surface area contributed by atoms with Crippen LogP contribution in [0.5, 0.6) is 0 Å². The molecule has 0 aliphatic rings. The zero-order valence-electron chi connectivity index (χ0n) is 12.9. The number of aryl methyl sites for hydroxylation is 2. The fourth-order valence-electron chi connectivity index (χ4n) is 2.24. The molecule has 2 aromatic heterocycles. The van der Waals surface area contributed by atoms with Crippen molar-refractivity contribution >= 4 is 0 Å². The van der Waals surface area contributed by atoms with Crippen molar-refractivity contribution in [2.45, 2.75) is 59.7 Å². The van der Waals surface area contributed by atoms with Crippen LogP contribution in [0.25, 0.3) is 0 Å². The van der Waals surface area contributed by atoms with Crippen molar-refractivity contribution in [3.05, 3.63) is 41.4 Å². The minimum absolute atomic E-state index is 0.466. The summed E-state index contributed by atoms with van der Waals surface area (Å²) < 4.78 is 8.13. The number of nitrogens with one attached hydrogen (secondary N) is 1. The molecule has 0 spiro atoms. The van der Waals surface area contributed by atoms with Gasteiger partial charge < -0.3 is 14.3 Å². The Hall–Kier alpha value is -1.55. The lowest BCUT2D eigenvalue weighted by atomic mass is 10.2. The summed E-state index contributed by atoms with van der Waals surface area (Å²) in [5.74, 6) is 3.16. The van der Waals surface area contributed by atoms with Crippen LogP contribution in [0.4, 0.5) is 0 Å². The number of furan rings is 1. The molecule has 2 heterocycles. The molecule has 4 nitrogen and oxygen atoms in total. The molecule has 1 N–H and O–H groups in total. The van der Waals surface area contributed by atoms with Gasteiger partial charge in [-0.05, 0) is 25.0 Å². The Balaban J connectivity index is 2.06. The van der Waals surface area contributed by atoms with Gasteiger partial charge in [-0.2, -0.15) is 0 Å². The fourth-order valence-corrected chi connectivity index (χ4v) is 2.24. The van der Waals surface area contributed by atoms with Crippen LogP contribution in [0.2, 0.25) is 0 Å². The Bertz CT molecular complexity index is 540. The maximum absolute atomic E-state index is 5.96. The molecular formula is C16H25N3O.